The molecule has 0 aliphatic heterocycles. The van der Waals surface area contributed by atoms with E-state index in [1.807, 2.05) is 4.68 Å². The standard InChI is InChI=1S/C15H27N3O/c1-4-10-17-14(12-8-6-7-9-12)13(16)15(19)18(17)11(3)5-2/h11-12H,4-10,16H2,1-3H3. The molecular formula is C15H27N3O. The first-order valence-corrected chi connectivity index (χ1v) is 7.72. The number of rotatable bonds is 5. The Balaban J connectivity index is 2.54. The molecule has 0 spiro atoms. The van der Waals surface area contributed by atoms with Gasteiger partial charge in [0.1, 0.15) is 5.69 Å². The van der Waals surface area contributed by atoms with Crippen molar-refractivity contribution in [2.24, 2.45) is 0 Å². The van der Waals surface area contributed by atoms with Crippen LogP contribution in [0.4, 0.5) is 5.69 Å². The second kappa shape index (κ2) is 5.85. The van der Waals surface area contributed by atoms with Gasteiger partial charge in [-0.3, -0.25) is 9.48 Å². The van der Waals surface area contributed by atoms with Crippen molar-refractivity contribution in [3.8, 4) is 0 Å². The van der Waals surface area contributed by atoms with E-state index in [1.54, 1.807) is 0 Å². The van der Waals surface area contributed by atoms with Gasteiger partial charge >= 0.3 is 0 Å². The van der Waals surface area contributed by atoms with Crippen molar-refractivity contribution < 1.29 is 0 Å². The number of hydrogen-bond acceptors (Lipinski definition) is 2. The molecule has 1 atom stereocenters. The van der Waals surface area contributed by atoms with Gasteiger partial charge in [0.15, 0.2) is 0 Å². The lowest BCUT2D eigenvalue weighted by molar-refractivity contribution is 0.355. The second-order valence-electron chi connectivity index (χ2n) is 5.81. The first kappa shape index (κ1) is 14.2. The van der Waals surface area contributed by atoms with Gasteiger partial charge in [0, 0.05) is 12.5 Å². The fourth-order valence-corrected chi connectivity index (χ4v) is 3.28. The third-order valence-electron chi connectivity index (χ3n) is 4.44. The first-order chi connectivity index (χ1) is 9.11. The average Bonchev–Trinajstić information content (AvgIpc) is 2.99. The molecule has 2 rings (SSSR count). The molecule has 0 saturated heterocycles. The summed E-state index contributed by atoms with van der Waals surface area (Å²) in [6, 6.07) is 0.219. The summed E-state index contributed by atoms with van der Waals surface area (Å²) < 4.78 is 4.08. The molecule has 0 bridgehead atoms. The summed E-state index contributed by atoms with van der Waals surface area (Å²) in [4.78, 5) is 12.5. The zero-order valence-electron chi connectivity index (χ0n) is 12.5. The smallest absolute Gasteiger partial charge is 0.290 e. The van der Waals surface area contributed by atoms with Crippen LogP contribution in [0.5, 0.6) is 0 Å². The fraction of sp³-hybridized carbons (Fsp3) is 0.800. The van der Waals surface area contributed by atoms with Crippen LogP contribution in [0.3, 0.4) is 0 Å². The highest BCUT2D eigenvalue weighted by Crippen LogP contribution is 2.36. The van der Waals surface area contributed by atoms with E-state index in [-0.39, 0.29) is 11.6 Å². The average molecular weight is 265 g/mol. The Hall–Kier alpha value is -1.19. The van der Waals surface area contributed by atoms with Crippen molar-refractivity contribution >= 4 is 5.69 Å². The molecule has 0 radical (unpaired) electrons. The summed E-state index contributed by atoms with van der Waals surface area (Å²) in [7, 11) is 0. The van der Waals surface area contributed by atoms with E-state index >= 15 is 0 Å². The van der Waals surface area contributed by atoms with E-state index in [0.29, 0.717) is 11.6 Å². The van der Waals surface area contributed by atoms with Gasteiger partial charge in [-0.15, -0.1) is 0 Å². The van der Waals surface area contributed by atoms with Crippen molar-refractivity contribution in [2.75, 3.05) is 5.73 Å². The van der Waals surface area contributed by atoms with E-state index in [1.165, 1.54) is 25.7 Å². The fourth-order valence-electron chi connectivity index (χ4n) is 3.28. The molecule has 108 valence electrons. The Bertz CT molecular complexity index is 480. The van der Waals surface area contributed by atoms with Crippen LogP contribution in [0.25, 0.3) is 0 Å². The van der Waals surface area contributed by atoms with Crippen LogP contribution in [-0.2, 0) is 6.54 Å². The highest BCUT2D eigenvalue weighted by Gasteiger charge is 2.28. The third-order valence-corrected chi connectivity index (χ3v) is 4.44. The first-order valence-electron chi connectivity index (χ1n) is 7.72. The molecule has 1 aliphatic rings. The monoisotopic (exact) mass is 265 g/mol. The van der Waals surface area contributed by atoms with Gasteiger partial charge in [0.05, 0.1) is 11.7 Å². The van der Waals surface area contributed by atoms with E-state index in [0.717, 1.165) is 25.1 Å². The van der Waals surface area contributed by atoms with Gasteiger partial charge < -0.3 is 5.73 Å². The molecule has 4 nitrogen and oxygen atoms in total. The molecule has 0 aromatic carbocycles. The molecule has 1 aromatic rings. The predicted octanol–water partition coefficient (Wildman–Crippen LogP) is 3.27. The van der Waals surface area contributed by atoms with Crippen LogP contribution < -0.4 is 11.3 Å². The molecular weight excluding hydrogens is 238 g/mol. The number of nitrogen functional groups attached to an aromatic ring is 1. The Morgan fingerprint density at radius 2 is 1.95 bits per heavy atom. The topological polar surface area (TPSA) is 52.9 Å². The molecule has 1 unspecified atom stereocenters. The molecule has 1 heterocycles. The van der Waals surface area contributed by atoms with Gasteiger partial charge in [-0.05, 0) is 32.6 Å². The molecule has 2 N–H and O–H groups in total. The Morgan fingerprint density at radius 3 is 2.47 bits per heavy atom. The molecule has 4 heteroatoms. The number of aromatic nitrogens is 2. The Labute approximate surface area is 115 Å². The van der Waals surface area contributed by atoms with E-state index in [4.69, 9.17) is 5.73 Å². The van der Waals surface area contributed by atoms with Crippen molar-refractivity contribution in [1.82, 2.24) is 9.36 Å². The van der Waals surface area contributed by atoms with Crippen molar-refractivity contribution in [1.29, 1.82) is 0 Å². The summed E-state index contributed by atoms with van der Waals surface area (Å²) in [5.41, 5.74) is 7.79. The summed E-state index contributed by atoms with van der Waals surface area (Å²) in [5.74, 6) is 0.490. The largest absolute Gasteiger partial charge is 0.393 e. The number of hydrogen-bond donors (Lipinski definition) is 1. The molecule has 0 amide bonds. The van der Waals surface area contributed by atoms with Crippen LogP contribution in [0.15, 0.2) is 4.79 Å². The van der Waals surface area contributed by atoms with Gasteiger partial charge in [-0.2, -0.15) is 0 Å². The minimum absolute atomic E-state index is 0.0182. The highest BCUT2D eigenvalue weighted by atomic mass is 16.1. The molecule has 19 heavy (non-hydrogen) atoms. The molecule has 1 aliphatic carbocycles. The lowest BCUT2D eigenvalue weighted by Crippen LogP contribution is -2.27. The van der Waals surface area contributed by atoms with Crippen molar-refractivity contribution in [2.45, 2.75) is 77.8 Å². The second-order valence-corrected chi connectivity index (χ2v) is 5.81. The van der Waals surface area contributed by atoms with Crippen LogP contribution in [0.2, 0.25) is 0 Å². The van der Waals surface area contributed by atoms with E-state index in [9.17, 15) is 4.79 Å². The summed E-state index contributed by atoms with van der Waals surface area (Å²) in [5, 5.41) is 0. The normalized spacial score (nSPS) is 18.1. The minimum Gasteiger partial charge on any atom is -0.393 e. The zero-order chi connectivity index (χ0) is 14.0. The van der Waals surface area contributed by atoms with Gasteiger partial charge in [-0.1, -0.05) is 26.7 Å². The van der Waals surface area contributed by atoms with Gasteiger partial charge in [-0.25, -0.2) is 4.68 Å². The molecule has 1 saturated carbocycles. The van der Waals surface area contributed by atoms with E-state index in [2.05, 4.69) is 25.5 Å². The maximum absolute atomic E-state index is 12.5. The number of anilines is 1. The Morgan fingerprint density at radius 1 is 1.32 bits per heavy atom. The van der Waals surface area contributed by atoms with Crippen molar-refractivity contribution in [3.63, 3.8) is 0 Å². The lowest BCUT2D eigenvalue weighted by Gasteiger charge is -2.21. The molecule has 1 fully saturated rings. The van der Waals surface area contributed by atoms with E-state index < -0.39 is 0 Å². The van der Waals surface area contributed by atoms with Gasteiger partial charge in [0.2, 0.25) is 0 Å². The third kappa shape index (κ3) is 2.45. The zero-order valence-corrected chi connectivity index (χ0v) is 12.5. The van der Waals surface area contributed by atoms with Gasteiger partial charge in [0.25, 0.3) is 5.56 Å². The highest BCUT2D eigenvalue weighted by molar-refractivity contribution is 5.44. The van der Waals surface area contributed by atoms with Crippen LogP contribution in [0, 0.1) is 0 Å². The quantitative estimate of drug-likeness (QED) is 0.888. The van der Waals surface area contributed by atoms with Crippen molar-refractivity contribution in [3.05, 3.63) is 16.0 Å². The lowest BCUT2D eigenvalue weighted by atomic mass is 10.0. The number of nitrogens with two attached hydrogens (primary N) is 1. The van der Waals surface area contributed by atoms with Crippen LogP contribution in [0.1, 0.15) is 76.9 Å². The summed E-state index contributed by atoms with van der Waals surface area (Å²) in [6.45, 7) is 7.26. The SMILES string of the molecule is CCCn1c(C2CCCC2)c(N)c(=O)n1C(C)CC. The summed E-state index contributed by atoms with van der Waals surface area (Å²) >= 11 is 0. The molecule has 1 aromatic heterocycles. The van der Waals surface area contributed by atoms with Crippen LogP contribution in [-0.4, -0.2) is 9.36 Å². The van der Waals surface area contributed by atoms with Crippen LogP contribution >= 0.6 is 0 Å². The maximum Gasteiger partial charge on any atom is 0.290 e. The predicted molar refractivity (Wildman–Crippen MR) is 79.6 cm³/mol. The minimum atomic E-state index is 0.0182. The number of nitrogens with zero attached hydrogens (tertiary/aromatic N) is 2. The summed E-state index contributed by atoms with van der Waals surface area (Å²) in [6.07, 6.45) is 6.87. The maximum atomic E-state index is 12.5. The Kier molecular flexibility index (Phi) is 4.38.